The maximum absolute atomic E-state index is 13.6. The summed E-state index contributed by atoms with van der Waals surface area (Å²) in [5.41, 5.74) is 1.39. The van der Waals surface area contributed by atoms with Crippen LogP contribution in [0, 0.1) is 24.4 Å². The predicted molar refractivity (Wildman–Crippen MR) is 90.8 cm³/mol. The number of halogens is 3. The largest absolute Gasteiger partial charge is 0.324 e. The van der Waals surface area contributed by atoms with Crippen molar-refractivity contribution in [1.29, 1.82) is 0 Å². The number of nitrogens with zero attached hydrogens (tertiary/aromatic N) is 2. The molecule has 0 atom stereocenters. The van der Waals surface area contributed by atoms with Crippen molar-refractivity contribution in [2.45, 2.75) is 6.92 Å². The van der Waals surface area contributed by atoms with Gasteiger partial charge in [-0.05, 0) is 36.8 Å². The highest BCUT2D eigenvalue weighted by atomic mass is 19.2. The first kappa shape index (κ1) is 17.4. The summed E-state index contributed by atoms with van der Waals surface area (Å²) in [6, 6.07) is 9.20. The van der Waals surface area contributed by atoms with Crippen molar-refractivity contribution in [1.82, 2.24) is 9.97 Å². The van der Waals surface area contributed by atoms with Gasteiger partial charge in [0.25, 0.3) is 5.91 Å². The van der Waals surface area contributed by atoms with Gasteiger partial charge in [0.2, 0.25) is 5.95 Å². The number of aryl methyl sites for hydroxylation is 1. The molecule has 2 aromatic carbocycles. The molecule has 0 fully saturated rings. The highest BCUT2D eigenvalue weighted by molar-refractivity contribution is 6.04. The van der Waals surface area contributed by atoms with Crippen LogP contribution in [0.15, 0.2) is 48.8 Å². The maximum Gasteiger partial charge on any atom is 0.258 e. The summed E-state index contributed by atoms with van der Waals surface area (Å²) >= 11 is 0. The predicted octanol–water partition coefficient (Wildman–Crippen LogP) is 4.20. The molecule has 5 nitrogen and oxygen atoms in total. The molecule has 132 valence electrons. The number of hydrogen-bond donors (Lipinski definition) is 2. The van der Waals surface area contributed by atoms with Crippen LogP contribution in [0.1, 0.15) is 15.9 Å². The van der Waals surface area contributed by atoms with E-state index in [1.807, 2.05) is 31.2 Å². The quantitative estimate of drug-likeness (QED) is 0.686. The molecular formula is C18H13F3N4O. The van der Waals surface area contributed by atoms with Crippen molar-refractivity contribution in [2.75, 3.05) is 10.6 Å². The Morgan fingerprint density at radius 3 is 2.42 bits per heavy atom. The molecule has 0 saturated carbocycles. The summed E-state index contributed by atoms with van der Waals surface area (Å²) in [5.74, 6) is -4.95. The standard InChI is InChI=1S/C18H13F3N4O/c1-10-3-2-4-12(7-10)24-18-22-8-11(9-23-18)17(26)25-14-6-5-13(19)15(20)16(14)21/h2-9H,1H3,(H,25,26)(H,22,23,24). The second-order valence-corrected chi connectivity index (χ2v) is 5.47. The lowest BCUT2D eigenvalue weighted by Gasteiger charge is -2.08. The van der Waals surface area contributed by atoms with E-state index in [9.17, 15) is 18.0 Å². The van der Waals surface area contributed by atoms with E-state index in [0.29, 0.717) is 0 Å². The summed E-state index contributed by atoms with van der Waals surface area (Å²) in [7, 11) is 0. The zero-order valence-electron chi connectivity index (χ0n) is 13.6. The van der Waals surface area contributed by atoms with E-state index < -0.39 is 29.0 Å². The average molecular weight is 358 g/mol. The van der Waals surface area contributed by atoms with Gasteiger partial charge in [-0.1, -0.05) is 12.1 Å². The number of carbonyl (C=O) groups excluding carboxylic acids is 1. The lowest BCUT2D eigenvalue weighted by molar-refractivity contribution is 0.102. The lowest BCUT2D eigenvalue weighted by Crippen LogP contribution is -2.15. The Kier molecular flexibility index (Phi) is 4.83. The summed E-state index contributed by atoms with van der Waals surface area (Å²) < 4.78 is 39.7. The van der Waals surface area contributed by atoms with Crippen LogP contribution in [-0.4, -0.2) is 15.9 Å². The van der Waals surface area contributed by atoms with Gasteiger partial charge in [0, 0.05) is 18.1 Å². The summed E-state index contributed by atoms with van der Waals surface area (Å²) in [4.78, 5) is 20.1. The number of benzene rings is 2. The van der Waals surface area contributed by atoms with E-state index in [1.165, 1.54) is 12.4 Å². The zero-order valence-corrected chi connectivity index (χ0v) is 13.6. The van der Waals surface area contributed by atoms with Gasteiger partial charge in [0.1, 0.15) is 0 Å². The topological polar surface area (TPSA) is 66.9 Å². The molecule has 1 aromatic heterocycles. The Labute approximate surface area is 146 Å². The lowest BCUT2D eigenvalue weighted by atomic mass is 10.2. The first-order chi connectivity index (χ1) is 12.4. The van der Waals surface area contributed by atoms with Gasteiger partial charge >= 0.3 is 0 Å². The molecule has 2 N–H and O–H groups in total. The molecule has 8 heteroatoms. The number of amides is 1. The summed E-state index contributed by atoms with van der Waals surface area (Å²) in [6.07, 6.45) is 2.47. The van der Waals surface area contributed by atoms with E-state index in [-0.39, 0.29) is 11.5 Å². The summed E-state index contributed by atoms with van der Waals surface area (Å²) in [6.45, 7) is 1.94. The van der Waals surface area contributed by atoms with Gasteiger partial charge < -0.3 is 10.6 Å². The van der Waals surface area contributed by atoms with Crippen molar-refractivity contribution in [3.63, 3.8) is 0 Å². The highest BCUT2D eigenvalue weighted by Gasteiger charge is 2.16. The van der Waals surface area contributed by atoms with Crippen molar-refractivity contribution in [3.8, 4) is 0 Å². The monoisotopic (exact) mass is 358 g/mol. The first-order valence-electron chi connectivity index (χ1n) is 7.54. The second kappa shape index (κ2) is 7.22. The van der Waals surface area contributed by atoms with E-state index in [4.69, 9.17) is 0 Å². The normalized spacial score (nSPS) is 10.5. The Hall–Kier alpha value is -3.42. The number of rotatable bonds is 4. The third-order valence-corrected chi connectivity index (χ3v) is 3.47. The van der Waals surface area contributed by atoms with Crippen LogP contribution in [0.25, 0.3) is 0 Å². The molecule has 0 unspecified atom stereocenters. The second-order valence-electron chi connectivity index (χ2n) is 5.47. The Morgan fingerprint density at radius 2 is 1.73 bits per heavy atom. The van der Waals surface area contributed by atoms with E-state index >= 15 is 0 Å². The third kappa shape index (κ3) is 3.80. The minimum absolute atomic E-state index is 0.0314. The molecule has 0 spiro atoms. The molecule has 0 bridgehead atoms. The minimum Gasteiger partial charge on any atom is -0.324 e. The number of hydrogen-bond acceptors (Lipinski definition) is 4. The van der Waals surface area contributed by atoms with Gasteiger partial charge in [-0.2, -0.15) is 0 Å². The van der Waals surface area contributed by atoms with Crippen LogP contribution in [0.5, 0.6) is 0 Å². The SMILES string of the molecule is Cc1cccc(Nc2ncc(C(=O)Nc3ccc(F)c(F)c3F)cn2)c1. The van der Waals surface area contributed by atoms with E-state index in [2.05, 4.69) is 20.6 Å². The molecule has 0 aliphatic heterocycles. The fourth-order valence-corrected chi connectivity index (χ4v) is 2.18. The molecule has 0 aliphatic carbocycles. The van der Waals surface area contributed by atoms with Gasteiger partial charge in [-0.15, -0.1) is 0 Å². The van der Waals surface area contributed by atoms with Gasteiger partial charge in [-0.25, -0.2) is 23.1 Å². The van der Waals surface area contributed by atoms with Crippen molar-refractivity contribution in [3.05, 3.63) is 77.4 Å². The molecule has 26 heavy (non-hydrogen) atoms. The Balaban J connectivity index is 1.72. The molecule has 0 radical (unpaired) electrons. The number of nitrogens with one attached hydrogen (secondary N) is 2. The fourth-order valence-electron chi connectivity index (χ4n) is 2.18. The number of anilines is 3. The van der Waals surface area contributed by atoms with Crippen molar-refractivity contribution < 1.29 is 18.0 Å². The molecule has 1 amide bonds. The minimum atomic E-state index is -1.66. The van der Waals surface area contributed by atoms with Gasteiger partial charge in [-0.3, -0.25) is 4.79 Å². The first-order valence-corrected chi connectivity index (χ1v) is 7.54. The highest BCUT2D eigenvalue weighted by Crippen LogP contribution is 2.20. The van der Waals surface area contributed by atoms with E-state index in [0.717, 1.165) is 23.4 Å². The van der Waals surface area contributed by atoms with Gasteiger partial charge in [0.05, 0.1) is 11.3 Å². The Bertz CT molecular complexity index is 961. The zero-order chi connectivity index (χ0) is 18.7. The van der Waals surface area contributed by atoms with Crippen LogP contribution >= 0.6 is 0 Å². The smallest absolute Gasteiger partial charge is 0.258 e. The third-order valence-electron chi connectivity index (χ3n) is 3.47. The van der Waals surface area contributed by atoms with Crippen LogP contribution in [-0.2, 0) is 0 Å². The van der Waals surface area contributed by atoms with Crippen molar-refractivity contribution >= 4 is 23.2 Å². The van der Waals surface area contributed by atoms with E-state index in [1.54, 1.807) is 0 Å². The molecule has 0 aliphatic rings. The molecule has 3 rings (SSSR count). The maximum atomic E-state index is 13.6. The molecule has 1 heterocycles. The van der Waals surface area contributed by atoms with Crippen LogP contribution in [0.3, 0.4) is 0 Å². The van der Waals surface area contributed by atoms with Crippen LogP contribution < -0.4 is 10.6 Å². The summed E-state index contributed by atoms with van der Waals surface area (Å²) in [5, 5.41) is 5.13. The van der Waals surface area contributed by atoms with Gasteiger partial charge in [0.15, 0.2) is 17.5 Å². The molecule has 3 aromatic rings. The Morgan fingerprint density at radius 1 is 1.00 bits per heavy atom. The number of aromatic nitrogens is 2. The molecular weight excluding hydrogens is 345 g/mol. The average Bonchev–Trinajstić information content (AvgIpc) is 2.63. The molecule has 0 saturated heterocycles. The van der Waals surface area contributed by atoms with Crippen LogP contribution in [0.4, 0.5) is 30.5 Å². The van der Waals surface area contributed by atoms with Crippen LogP contribution in [0.2, 0.25) is 0 Å². The fraction of sp³-hybridized carbons (Fsp3) is 0.0556. The van der Waals surface area contributed by atoms with Crippen molar-refractivity contribution in [2.24, 2.45) is 0 Å². The number of carbonyl (C=O) groups is 1.